The van der Waals surface area contributed by atoms with Crippen LogP contribution in [0.5, 0.6) is 0 Å². The van der Waals surface area contributed by atoms with E-state index >= 15 is 0 Å². The molecular weight excluding hydrogens is 212 g/mol. The van der Waals surface area contributed by atoms with Gasteiger partial charge in [0.2, 0.25) is 5.91 Å². The number of rotatable bonds is 3. The van der Waals surface area contributed by atoms with Gasteiger partial charge in [-0.05, 0) is 30.9 Å². The summed E-state index contributed by atoms with van der Waals surface area (Å²) in [4.78, 5) is 16.0. The van der Waals surface area contributed by atoms with Gasteiger partial charge >= 0.3 is 0 Å². The number of amides is 1. The zero-order valence-corrected chi connectivity index (χ0v) is 11.4. The van der Waals surface area contributed by atoms with Crippen molar-refractivity contribution in [1.82, 2.24) is 10.3 Å². The van der Waals surface area contributed by atoms with Crippen molar-refractivity contribution in [2.75, 3.05) is 0 Å². The first-order chi connectivity index (χ1) is 7.71. The third kappa shape index (κ3) is 4.55. The number of hydrogen-bond acceptors (Lipinski definition) is 2. The summed E-state index contributed by atoms with van der Waals surface area (Å²) in [5.74, 6) is 0.0753. The van der Waals surface area contributed by atoms with E-state index in [-0.39, 0.29) is 16.9 Å². The molecule has 0 radical (unpaired) electrons. The number of aromatic nitrogens is 1. The second kappa shape index (κ2) is 4.86. The van der Waals surface area contributed by atoms with Gasteiger partial charge in [-0.1, -0.05) is 26.8 Å². The van der Waals surface area contributed by atoms with Crippen LogP contribution in [-0.4, -0.2) is 10.9 Å². The van der Waals surface area contributed by atoms with Crippen LogP contribution in [0.1, 0.15) is 46.6 Å². The van der Waals surface area contributed by atoms with E-state index in [1.54, 1.807) is 12.4 Å². The van der Waals surface area contributed by atoms with Crippen LogP contribution >= 0.6 is 0 Å². The Morgan fingerprint density at radius 3 is 2.41 bits per heavy atom. The number of carbonyl (C=O) groups is 1. The van der Waals surface area contributed by atoms with Crippen LogP contribution in [0.4, 0.5) is 0 Å². The number of nitrogens with one attached hydrogen (secondary N) is 1. The van der Waals surface area contributed by atoms with Crippen molar-refractivity contribution in [1.29, 1.82) is 0 Å². The Morgan fingerprint density at radius 1 is 1.29 bits per heavy atom. The van der Waals surface area contributed by atoms with Crippen LogP contribution in [0, 0.1) is 5.41 Å². The molecule has 0 aliphatic heterocycles. The van der Waals surface area contributed by atoms with Gasteiger partial charge < -0.3 is 5.32 Å². The predicted octanol–water partition coefficient (Wildman–Crippen LogP) is 2.87. The van der Waals surface area contributed by atoms with E-state index in [2.05, 4.69) is 31.1 Å². The number of hydrogen-bond donors (Lipinski definition) is 1. The van der Waals surface area contributed by atoms with Crippen LogP contribution in [0.25, 0.3) is 0 Å². The zero-order valence-electron chi connectivity index (χ0n) is 11.4. The fourth-order valence-corrected chi connectivity index (χ4v) is 1.68. The highest BCUT2D eigenvalue weighted by Gasteiger charge is 2.25. The van der Waals surface area contributed by atoms with Crippen molar-refractivity contribution in [3.8, 4) is 0 Å². The van der Waals surface area contributed by atoms with E-state index in [0.29, 0.717) is 6.42 Å². The Bertz CT molecular complexity index is 377. The monoisotopic (exact) mass is 234 g/mol. The van der Waals surface area contributed by atoms with E-state index in [0.717, 1.165) is 5.56 Å². The number of nitrogens with zero attached hydrogens (tertiary/aromatic N) is 1. The molecule has 3 heteroatoms. The van der Waals surface area contributed by atoms with Gasteiger partial charge in [0.25, 0.3) is 0 Å². The first-order valence-electron chi connectivity index (χ1n) is 5.92. The lowest BCUT2D eigenvalue weighted by atomic mass is 9.90. The Kier molecular flexibility index (Phi) is 3.91. The molecule has 0 saturated heterocycles. The quantitative estimate of drug-likeness (QED) is 0.873. The van der Waals surface area contributed by atoms with Crippen LogP contribution in [-0.2, 0) is 10.3 Å². The molecule has 1 rings (SSSR count). The summed E-state index contributed by atoms with van der Waals surface area (Å²) in [5, 5.41) is 3.05. The Balaban J connectivity index is 2.71. The number of carbonyl (C=O) groups excluding carboxylic acids is 1. The zero-order chi connectivity index (χ0) is 13.1. The van der Waals surface area contributed by atoms with Gasteiger partial charge in [-0.25, -0.2) is 0 Å². The van der Waals surface area contributed by atoms with Crippen LogP contribution < -0.4 is 5.32 Å². The second-order valence-corrected chi connectivity index (χ2v) is 6.15. The maximum Gasteiger partial charge on any atom is 0.221 e. The molecule has 0 unspecified atom stereocenters. The Morgan fingerprint density at radius 2 is 1.94 bits per heavy atom. The van der Waals surface area contributed by atoms with Crippen molar-refractivity contribution in [3.63, 3.8) is 0 Å². The summed E-state index contributed by atoms with van der Waals surface area (Å²) >= 11 is 0. The van der Waals surface area contributed by atoms with Gasteiger partial charge in [0.05, 0.1) is 5.54 Å². The highest BCUT2D eigenvalue weighted by Crippen LogP contribution is 2.22. The van der Waals surface area contributed by atoms with Gasteiger partial charge in [-0.3, -0.25) is 9.78 Å². The first-order valence-corrected chi connectivity index (χ1v) is 5.92. The highest BCUT2D eigenvalue weighted by molar-refractivity contribution is 5.77. The minimum Gasteiger partial charge on any atom is -0.347 e. The fraction of sp³-hybridized carbons (Fsp3) is 0.571. The summed E-state index contributed by atoms with van der Waals surface area (Å²) in [6.07, 6.45) is 4.05. The molecule has 94 valence electrons. The predicted molar refractivity (Wildman–Crippen MR) is 69.5 cm³/mol. The minimum atomic E-state index is -0.378. The van der Waals surface area contributed by atoms with E-state index < -0.39 is 0 Å². The van der Waals surface area contributed by atoms with Gasteiger partial charge in [-0.15, -0.1) is 0 Å². The molecular formula is C14H22N2O. The van der Waals surface area contributed by atoms with Gasteiger partial charge in [0.1, 0.15) is 0 Å². The average molecular weight is 234 g/mol. The summed E-state index contributed by atoms with van der Waals surface area (Å²) in [6, 6.07) is 3.86. The van der Waals surface area contributed by atoms with Crippen LogP contribution in [0.15, 0.2) is 24.5 Å². The summed E-state index contributed by atoms with van der Waals surface area (Å²) in [5.41, 5.74) is 0.647. The molecule has 0 aliphatic carbocycles. The van der Waals surface area contributed by atoms with E-state index in [1.165, 1.54) is 0 Å². The smallest absolute Gasteiger partial charge is 0.221 e. The largest absolute Gasteiger partial charge is 0.347 e. The molecule has 1 aromatic heterocycles. The average Bonchev–Trinajstić information content (AvgIpc) is 2.15. The number of pyridine rings is 1. The normalized spacial score (nSPS) is 12.3. The molecule has 0 aliphatic rings. The SMILES string of the molecule is CC(C)(C)CC(=O)NC(C)(C)c1cccnc1. The molecule has 3 nitrogen and oxygen atoms in total. The van der Waals surface area contributed by atoms with Crippen LogP contribution in [0.2, 0.25) is 0 Å². The molecule has 17 heavy (non-hydrogen) atoms. The lowest BCUT2D eigenvalue weighted by molar-refractivity contribution is -0.124. The lowest BCUT2D eigenvalue weighted by Gasteiger charge is -2.28. The summed E-state index contributed by atoms with van der Waals surface area (Å²) < 4.78 is 0. The van der Waals surface area contributed by atoms with Crippen molar-refractivity contribution in [2.24, 2.45) is 5.41 Å². The standard InChI is InChI=1S/C14H22N2O/c1-13(2,3)9-12(17)16-14(4,5)11-7-6-8-15-10-11/h6-8,10H,9H2,1-5H3,(H,16,17). The third-order valence-electron chi connectivity index (χ3n) is 2.53. The minimum absolute atomic E-state index is 0.00903. The van der Waals surface area contributed by atoms with Crippen molar-refractivity contribution >= 4 is 5.91 Å². The van der Waals surface area contributed by atoms with Crippen molar-refractivity contribution in [2.45, 2.75) is 46.6 Å². The molecule has 0 bridgehead atoms. The fourth-order valence-electron chi connectivity index (χ4n) is 1.68. The molecule has 1 N–H and O–H groups in total. The first kappa shape index (κ1) is 13.7. The maximum absolute atomic E-state index is 11.9. The van der Waals surface area contributed by atoms with Crippen molar-refractivity contribution in [3.05, 3.63) is 30.1 Å². The maximum atomic E-state index is 11.9. The Hall–Kier alpha value is -1.38. The molecule has 1 amide bonds. The van der Waals surface area contributed by atoms with Gasteiger partial charge in [-0.2, -0.15) is 0 Å². The topological polar surface area (TPSA) is 42.0 Å². The molecule has 0 atom stereocenters. The van der Waals surface area contributed by atoms with E-state index in [1.807, 2.05) is 26.0 Å². The summed E-state index contributed by atoms with van der Waals surface area (Å²) in [7, 11) is 0. The lowest BCUT2D eigenvalue weighted by Crippen LogP contribution is -2.42. The molecule has 1 aromatic rings. The molecule has 0 spiro atoms. The third-order valence-corrected chi connectivity index (χ3v) is 2.53. The van der Waals surface area contributed by atoms with E-state index in [4.69, 9.17) is 0 Å². The van der Waals surface area contributed by atoms with Gasteiger partial charge in [0, 0.05) is 18.8 Å². The summed E-state index contributed by atoms with van der Waals surface area (Å²) in [6.45, 7) is 10.2. The van der Waals surface area contributed by atoms with E-state index in [9.17, 15) is 4.79 Å². The van der Waals surface area contributed by atoms with Crippen LogP contribution in [0.3, 0.4) is 0 Å². The second-order valence-electron chi connectivity index (χ2n) is 6.15. The highest BCUT2D eigenvalue weighted by atomic mass is 16.1. The molecule has 0 fully saturated rings. The molecule has 1 heterocycles. The molecule has 0 saturated carbocycles. The van der Waals surface area contributed by atoms with Gasteiger partial charge in [0.15, 0.2) is 0 Å². The molecule has 0 aromatic carbocycles. The van der Waals surface area contributed by atoms with Crippen molar-refractivity contribution < 1.29 is 4.79 Å². The Labute approximate surface area is 104 Å².